The molecular formula is C26H25F3N4O4. The van der Waals surface area contributed by atoms with Crippen molar-refractivity contribution in [2.24, 2.45) is 0 Å². The standard InChI is InChI=1S/C26H25F3N4O4/c27-26(28,29)37-23-10-9-21(15-22(23)32-24(34)16-33-11-13-36-14-12-33)31-25(35)19-3-1-17(2-4-19)18-5-7-20(30)8-6-18/h1-10,15H,11-14,16,30H2,(H,31,35)(H,32,34). The zero-order chi connectivity index (χ0) is 26.4. The molecule has 0 saturated carbocycles. The Morgan fingerprint density at radius 3 is 2.16 bits per heavy atom. The lowest BCUT2D eigenvalue weighted by atomic mass is 10.0. The molecule has 11 heteroatoms. The number of nitrogen functional groups attached to an aromatic ring is 1. The number of anilines is 3. The van der Waals surface area contributed by atoms with Crippen molar-refractivity contribution in [3.05, 3.63) is 72.3 Å². The molecule has 0 spiro atoms. The molecular weight excluding hydrogens is 489 g/mol. The number of alkyl halides is 3. The molecule has 0 atom stereocenters. The zero-order valence-corrected chi connectivity index (χ0v) is 19.7. The fourth-order valence-corrected chi connectivity index (χ4v) is 3.76. The maximum atomic E-state index is 12.9. The maximum Gasteiger partial charge on any atom is 0.573 e. The summed E-state index contributed by atoms with van der Waals surface area (Å²) in [6.07, 6.45) is -4.96. The molecule has 4 rings (SSSR count). The van der Waals surface area contributed by atoms with Crippen LogP contribution in [0, 0.1) is 0 Å². The van der Waals surface area contributed by atoms with Crippen molar-refractivity contribution in [1.29, 1.82) is 0 Å². The highest BCUT2D eigenvalue weighted by atomic mass is 19.4. The molecule has 0 aliphatic carbocycles. The van der Waals surface area contributed by atoms with Gasteiger partial charge in [-0.15, -0.1) is 13.2 Å². The minimum atomic E-state index is -4.96. The monoisotopic (exact) mass is 514 g/mol. The largest absolute Gasteiger partial charge is 0.573 e. The number of nitrogens with one attached hydrogen (secondary N) is 2. The number of hydrogen-bond acceptors (Lipinski definition) is 6. The average molecular weight is 515 g/mol. The number of nitrogens with two attached hydrogens (primary N) is 1. The topological polar surface area (TPSA) is 106 Å². The van der Waals surface area contributed by atoms with E-state index >= 15 is 0 Å². The van der Waals surface area contributed by atoms with E-state index in [4.69, 9.17) is 10.5 Å². The van der Waals surface area contributed by atoms with Crippen LogP contribution in [0.4, 0.5) is 30.2 Å². The van der Waals surface area contributed by atoms with E-state index in [1.54, 1.807) is 36.4 Å². The van der Waals surface area contributed by atoms with Crippen molar-refractivity contribution in [1.82, 2.24) is 4.90 Å². The molecule has 194 valence electrons. The second kappa shape index (κ2) is 11.3. The first-order chi connectivity index (χ1) is 17.7. The number of amides is 2. The molecule has 4 N–H and O–H groups in total. The predicted molar refractivity (Wildman–Crippen MR) is 133 cm³/mol. The molecule has 0 aromatic heterocycles. The molecule has 1 heterocycles. The Morgan fingerprint density at radius 1 is 0.919 bits per heavy atom. The summed E-state index contributed by atoms with van der Waals surface area (Å²) in [5.41, 5.74) is 8.48. The molecule has 8 nitrogen and oxygen atoms in total. The Morgan fingerprint density at radius 2 is 1.54 bits per heavy atom. The SMILES string of the molecule is Nc1ccc(-c2ccc(C(=O)Nc3ccc(OC(F)(F)F)c(NC(=O)CN4CCOCC4)c3)cc2)cc1. The third kappa shape index (κ3) is 7.45. The molecule has 3 aromatic rings. The summed E-state index contributed by atoms with van der Waals surface area (Å²) in [5, 5.41) is 5.10. The number of benzene rings is 3. The number of ether oxygens (including phenoxy) is 2. The quantitative estimate of drug-likeness (QED) is 0.405. The lowest BCUT2D eigenvalue weighted by Gasteiger charge is -2.26. The summed E-state index contributed by atoms with van der Waals surface area (Å²) in [7, 11) is 0. The molecule has 0 radical (unpaired) electrons. The number of halogens is 3. The van der Waals surface area contributed by atoms with E-state index in [0.29, 0.717) is 37.6 Å². The van der Waals surface area contributed by atoms with Gasteiger partial charge in [0.2, 0.25) is 5.91 Å². The van der Waals surface area contributed by atoms with E-state index in [-0.39, 0.29) is 17.9 Å². The fraction of sp³-hybridized carbons (Fsp3) is 0.231. The van der Waals surface area contributed by atoms with Crippen molar-refractivity contribution >= 4 is 28.9 Å². The molecule has 1 fully saturated rings. The number of carbonyl (C=O) groups excluding carboxylic acids is 2. The van der Waals surface area contributed by atoms with Crippen molar-refractivity contribution in [2.45, 2.75) is 6.36 Å². The molecule has 1 aliphatic rings. The minimum Gasteiger partial charge on any atom is -0.404 e. The number of nitrogens with zero attached hydrogens (tertiary/aromatic N) is 1. The van der Waals surface area contributed by atoms with Gasteiger partial charge in [0.1, 0.15) is 0 Å². The lowest BCUT2D eigenvalue weighted by molar-refractivity contribution is -0.274. The molecule has 1 saturated heterocycles. The van der Waals surface area contributed by atoms with E-state index in [9.17, 15) is 22.8 Å². The molecule has 0 unspecified atom stereocenters. The lowest BCUT2D eigenvalue weighted by Crippen LogP contribution is -2.41. The Kier molecular flexibility index (Phi) is 7.95. The molecule has 2 amide bonds. The second-order valence-electron chi connectivity index (χ2n) is 8.35. The first-order valence-corrected chi connectivity index (χ1v) is 11.4. The maximum absolute atomic E-state index is 12.9. The van der Waals surface area contributed by atoms with Crippen molar-refractivity contribution < 1.29 is 32.2 Å². The molecule has 0 bridgehead atoms. The Balaban J connectivity index is 1.47. The van der Waals surface area contributed by atoms with E-state index in [1.807, 2.05) is 17.0 Å². The highest BCUT2D eigenvalue weighted by Crippen LogP contribution is 2.33. The number of rotatable bonds is 7. The van der Waals surface area contributed by atoms with Gasteiger partial charge in [-0.05, 0) is 53.6 Å². The number of hydrogen-bond donors (Lipinski definition) is 3. The highest BCUT2D eigenvalue weighted by molar-refractivity contribution is 6.05. The Bertz CT molecular complexity index is 1240. The Labute approximate surface area is 211 Å². The number of morpholine rings is 1. The van der Waals surface area contributed by atoms with Crippen molar-refractivity contribution in [3.8, 4) is 16.9 Å². The summed E-state index contributed by atoms with van der Waals surface area (Å²) in [5.74, 6) is -1.58. The first kappa shape index (κ1) is 26.0. The summed E-state index contributed by atoms with van der Waals surface area (Å²) < 4.78 is 48.0. The second-order valence-corrected chi connectivity index (χ2v) is 8.35. The highest BCUT2D eigenvalue weighted by Gasteiger charge is 2.32. The van der Waals surface area contributed by atoms with Crippen LogP contribution in [0.15, 0.2) is 66.7 Å². The van der Waals surface area contributed by atoms with E-state index in [1.165, 1.54) is 12.1 Å². The summed E-state index contributed by atoms with van der Waals surface area (Å²) >= 11 is 0. The molecule has 37 heavy (non-hydrogen) atoms. The van der Waals surface area contributed by atoms with Crippen molar-refractivity contribution in [3.63, 3.8) is 0 Å². The van der Waals surface area contributed by atoms with Gasteiger partial charge in [-0.25, -0.2) is 0 Å². The van der Waals surface area contributed by atoms with Gasteiger partial charge >= 0.3 is 6.36 Å². The average Bonchev–Trinajstić information content (AvgIpc) is 2.86. The van der Waals surface area contributed by atoms with Gasteiger partial charge in [0.15, 0.2) is 5.75 Å². The third-order valence-corrected chi connectivity index (χ3v) is 5.60. The molecule has 3 aromatic carbocycles. The van der Waals surface area contributed by atoms with E-state index < -0.39 is 23.9 Å². The van der Waals surface area contributed by atoms with Crippen LogP contribution in [0.5, 0.6) is 5.75 Å². The van der Waals surface area contributed by atoms with Gasteiger partial charge in [0, 0.05) is 30.0 Å². The fourth-order valence-electron chi connectivity index (χ4n) is 3.76. The third-order valence-electron chi connectivity index (χ3n) is 5.60. The number of carbonyl (C=O) groups is 2. The van der Waals surface area contributed by atoms with Gasteiger partial charge in [-0.3, -0.25) is 14.5 Å². The van der Waals surface area contributed by atoms with Gasteiger partial charge in [-0.1, -0.05) is 24.3 Å². The van der Waals surface area contributed by atoms with E-state index in [2.05, 4.69) is 15.4 Å². The van der Waals surface area contributed by atoms with Crippen LogP contribution in [0.25, 0.3) is 11.1 Å². The van der Waals surface area contributed by atoms with Crippen LogP contribution >= 0.6 is 0 Å². The normalized spacial score (nSPS) is 14.1. The van der Waals surface area contributed by atoms with Crippen LogP contribution in [-0.2, 0) is 9.53 Å². The minimum absolute atomic E-state index is 0.0221. The molecule has 1 aliphatic heterocycles. The van der Waals surface area contributed by atoms with E-state index in [0.717, 1.165) is 17.2 Å². The summed E-state index contributed by atoms with van der Waals surface area (Å²) in [4.78, 5) is 27.1. The van der Waals surface area contributed by atoms with Gasteiger partial charge in [0.05, 0.1) is 25.4 Å². The van der Waals surface area contributed by atoms with Gasteiger partial charge in [0.25, 0.3) is 5.91 Å². The Hall–Kier alpha value is -4.09. The van der Waals surface area contributed by atoms with Crippen LogP contribution in [0.3, 0.4) is 0 Å². The van der Waals surface area contributed by atoms with Crippen LogP contribution in [0.1, 0.15) is 10.4 Å². The predicted octanol–water partition coefficient (Wildman–Crippen LogP) is 4.36. The van der Waals surface area contributed by atoms with Gasteiger partial charge < -0.3 is 25.8 Å². The smallest absolute Gasteiger partial charge is 0.404 e. The van der Waals surface area contributed by atoms with Crippen LogP contribution in [-0.4, -0.2) is 55.9 Å². The zero-order valence-electron chi connectivity index (χ0n) is 19.7. The first-order valence-electron chi connectivity index (χ1n) is 11.4. The van der Waals surface area contributed by atoms with Crippen LogP contribution < -0.4 is 21.1 Å². The van der Waals surface area contributed by atoms with Crippen molar-refractivity contribution in [2.75, 3.05) is 49.2 Å². The summed E-state index contributed by atoms with van der Waals surface area (Å²) in [6.45, 7) is 1.99. The summed E-state index contributed by atoms with van der Waals surface area (Å²) in [6, 6.07) is 17.6. The van der Waals surface area contributed by atoms with Crippen LogP contribution in [0.2, 0.25) is 0 Å². The van der Waals surface area contributed by atoms with Gasteiger partial charge in [-0.2, -0.15) is 0 Å².